The fraction of sp³-hybridized carbons (Fsp3) is 0.149. The number of nitrogens with two attached hydrogens (primary N) is 1. The molecule has 0 aromatic heterocycles. The Kier molecular flexibility index (Phi) is 10.7. The molecule has 2 spiro atoms. The minimum atomic E-state index is -0.579. The summed E-state index contributed by atoms with van der Waals surface area (Å²) in [5, 5.41) is 0. The zero-order valence-electron chi connectivity index (χ0n) is 40.0. The minimum absolute atomic E-state index is 0.0391. The molecule has 8 aromatic carbocycles. The minimum Gasteiger partial charge on any atom is -0.399 e. The fourth-order valence-electron chi connectivity index (χ4n) is 12.6. The van der Waals surface area contributed by atoms with E-state index in [1.54, 1.807) is 0 Å². The summed E-state index contributed by atoms with van der Waals surface area (Å²) in [7, 11) is 0. The summed E-state index contributed by atoms with van der Waals surface area (Å²) in [6.45, 7) is 13.5. The van der Waals surface area contributed by atoms with Crippen molar-refractivity contribution in [3.63, 3.8) is 0 Å². The van der Waals surface area contributed by atoms with E-state index in [0.717, 1.165) is 24.1 Å². The normalized spacial score (nSPS) is 16.9. The van der Waals surface area contributed by atoms with Crippen LogP contribution < -0.4 is 5.73 Å². The van der Waals surface area contributed by atoms with Gasteiger partial charge in [-0.2, -0.15) is 0 Å². The first-order chi connectivity index (χ1) is 33.7. The van der Waals surface area contributed by atoms with Crippen molar-refractivity contribution in [1.29, 1.82) is 0 Å². The summed E-state index contributed by atoms with van der Waals surface area (Å²) < 4.78 is 0. The van der Waals surface area contributed by atoms with E-state index in [0.29, 0.717) is 12.2 Å². The molecule has 2 nitrogen and oxygen atoms in total. The molecule has 0 amide bonds. The molecule has 69 heavy (non-hydrogen) atoms. The highest BCUT2D eigenvalue weighted by molar-refractivity contribution is 6.05. The molecule has 0 aliphatic heterocycles. The third kappa shape index (κ3) is 6.37. The number of nitrogens with zero attached hydrogens (tertiary/aromatic N) is 1. The number of hydrogen-bond acceptors (Lipinski definition) is 2. The molecule has 0 saturated heterocycles. The summed E-state index contributed by atoms with van der Waals surface area (Å²) in [6, 6.07) is 69.0. The zero-order chi connectivity index (χ0) is 47.5. The number of rotatable bonds is 7. The summed E-state index contributed by atoms with van der Waals surface area (Å²) in [6.07, 6.45) is 11.9. The monoisotopic (exact) mass is 888 g/mol. The molecule has 2 heteroatoms. The van der Waals surface area contributed by atoms with E-state index in [4.69, 9.17) is 17.1 Å². The van der Waals surface area contributed by atoms with Gasteiger partial charge in [0.15, 0.2) is 0 Å². The van der Waals surface area contributed by atoms with Crippen LogP contribution in [0.2, 0.25) is 0 Å². The van der Waals surface area contributed by atoms with Crippen molar-refractivity contribution in [3.8, 4) is 34.6 Å². The summed E-state index contributed by atoms with van der Waals surface area (Å²) in [4.78, 5) is 5.49. The van der Waals surface area contributed by atoms with Gasteiger partial charge in [-0.15, -0.1) is 6.42 Å². The Morgan fingerprint density at radius 3 is 1.70 bits per heavy atom. The van der Waals surface area contributed by atoms with Gasteiger partial charge in [-0.3, -0.25) is 4.99 Å². The lowest BCUT2D eigenvalue weighted by Gasteiger charge is -2.50. The average molecular weight is 889 g/mol. The molecule has 2 N–H and O–H groups in total. The molecule has 0 radical (unpaired) electrons. The van der Waals surface area contributed by atoms with E-state index in [1.165, 1.54) is 100 Å². The van der Waals surface area contributed by atoms with E-state index in [-0.39, 0.29) is 5.41 Å². The summed E-state index contributed by atoms with van der Waals surface area (Å²) >= 11 is 0. The highest BCUT2D eigenvalue weighted by Crippen LogP contribution is 2.67. The second-order valence-corrected chi connectivity index (χ2v) is 19.4. The van der Waals surface area contributed by atoms with Crippen molar-refractivity contribution in [2.75, 3.05) is 0 Å². The molecule has 12 rings (SSSR count). The maximum Gasteiger partial charge on any atom is 0.0726 e. The number of fused-ring (bicyclic) bond motifs is 16. The molecule has 4 aliphatic carbocycles. The molecule has 0 bridgehead atoms. The van der Waals surface area contributed by atoms with Crippen molar-refractivity contribution in [1.82, 2.24) is 0 Å². The molecule has 1 unspecified atom stereocenters. The number of hydrogen-bond donors (Lipinski definition) is 1. The van der Waals surface area contributed by atoms with Gasteiger partial charge in [-0.25, -0.2) is 0 Å². The van der Waals surface area contributed by atoms with Crippen LogP contribution in [-0.4, -0.2) is 5.71 Å². The summed E-state index contributed by atoms with van der Waals surface area (Å²) in [5.74, 6) is 2.83. The van der Waals surface area contributed by atoms with E-state index < -0.39 is 10.8 Å². The maximum atomic E-state index is 5.97. The van der Waals surface area contributed by atoms with Gasteiger partial charge in [0.2, 0.25) is 0 Å². The van der Waals surface area contributed by atoms with Crippen LogP contribution in [0, 0.1) is 12.3 Å². The van der Waals surface area contributed by atoms with Crippen LogP contribution >= 0.6 is 0 Å². The standard InChI is InChI=1S/C50H39N.C17H17N/c1-4-6-26-40-34(3)36-22-10-13-27-41(36)49(40)44-30-16-17-31-45(44)50(42-28-14-11-23-37(42)38-24-12-15-29-43(38)50)48-39(25-18-32-46(48)49)47(19-5-2)51-33-35-20-8-7-9-21-35;1-11(18)12-8-9-14-13-6-4-5-7-15(13)17(2,3)16(14)10-12/h1,6-18,20-32H,5,19,33H2,2-3H3;4-10H,1,18H2,2-3H3/b26-6-,51-47?;. The average Bonchev–Trinajstić information content (AvgIpc) is 3.92. The van der Waals surface area contributed by atoms with Crippen molar-refractivity contribution in [2.45, 2.75) is 63.3 Å². The van der Waals surface area contributed by atoms with Crippen LogP contribution in [0.25, 0.3) is 33.5 Å². The van der Waals surface area contributed by atoms with E-state index in [2.05, 4.69) is 234 Å². The lowest BCUT2D eigenvalue weighted by Crippen LogP contribution is -2.45. The van der Waals surface area contributed by atoms with Gasteiger partial charge >= 0.3 is 0 Å². The third-order valence-electron chi connectivity index (χ3n) is 15.5. The second-order valence-electron chi connectivity index (χ2n) is 19.4. The van der Waals surface area contributed by atoms with E-state index in [1.807, 2.05) is 6.08 Å². The van der Waals surface area contributed by atoms with Gasteiger partial charge in [-0.1, -0.05) is 222 Å². The topological polar surface area (TPSA) is 38.4 Å². The molecule has 4 aliphatic rings. The quantitative estimate of drug-likeness (QED) is 0.126. The van der Waals surface area contributed by atoms with Crippen LogP contribution in [-0.2, 0) is 22.8 Å². The van der Waals surface area contributed by atoms with Crippen LogP contribution in [0.5, 0.6) is 0 Å². The number of terminal acetylenes is 1. The summed E-state index contributed by atoms with van der Waals surface area (Å²) in [5.41, 5.74) is 30.9. The highest BCUT2D eigenvalue weighted by Gasteiger charge is 2.59. The van der Waals surface area contributed by atoms with Gasteiger partial charge in [0.25, 0.3) is 0 Å². The number of allylic oxidation sites excluding steroid dienone is 4. The first-order valence-electron chi connectivity index (χ1n) is 24.3. The van der Waals surface area contributed by atoms with Crippen LogP contribution in [0.1, 0.15) is 113 Å². The van der Waals surface area contributed by atoms with E-state index >= 15 is 0 Å². The Labute approximate surface area is 408 Å². The maximum absolute atomic E-state index is 5.97. The molecular weight excluding hydrogens is 833 g/mol. The molecular formula is C67H56N2. The van der Waals surface area contributed by atoms with Crippen molar-refractivity contribution >= 4 is 17.0 Å². The molecule has 0 saturated carbocycles. The van der Waals surface area contributed by atoms with Gasteiger partial charge < -0.3 is 5.73 Å². The first-order valence-corrected chi connectivity index (χ1v) is 24.3. The molecule has 1 atom stereocenters. The fourth-order valence-corrected chi connectivity index (χ4v) is 12.6. The number of aliphatic imine (C=N–C) groups is 1. The Balaban J connectivity index is 0.000000242. The lowest BCUT2D eigenvalue weighted by molar-refractivity contribution is 0.628. The molecule has 0 heterocycles. The van der Waals surface area contributed by atoms with Crippen LogP contribution in [0.3, 0.4) is 0 Å². The predicted octanol–water partition coefficient (Wildman–Crippen LogP) is 15.4. The molecule has 0 fully saturated rings. The molecule has 334 valence electrons. The van der Waals surface area contributed by atoms with E-state index in [9.17, 15) is 0 Å². The SMILES string of the molecule is C#C/C=C\C1=C(C)c2ccccc2C12c1ccccc1C1(c3ccccc3-c3ccccc31)c1c(C(CCC)=NCc3ccccc3)cccc12.C=C(N)c1ccc2c(c1)C(C)(C)c1ccccc1-2. The first kappa shape index (κ1) is 43.6. The third-order valence-corrected chi connectivity index (χ3v) is 15.5. The highest BCUT2D eigenvalue weighted by atomic mass is 14.7. The van der Waals surface area contributed by atoms with Crippen LogP contribution in [0.4, 0.5) is 0 Å². The second kappa shape index (κ2) is 17.0. The van der Waals surface area contributed by atoms with Gasteiger partial charge in [0, 0.05) is 22.4 Å². The van der Waals surface area contributed by atoms with Crippen LogP contribution in [0.15, 0.2) is 217 Å². The van der Waals surface area contributed by atoms with Gasteiger partial charge in [0.1, 0.15) is 0 Å². The Bertz CT molecular complexity index is 3470. The Morgan fingerprint density at radius 1 is 0.580 bits per heavy atom. The Hall–Kier alpha value is -7.99. The van der Waals surface area contributed by atoms with Crippen molar-refractivity contribution in [3.05, 3.63) is 285 Å². The largest absolute Gasteiger partial charge is 0.399 e. The van der Waals surface area contributed by atoms with Gasteiger partial charge in [-0.05, 0) is 132 Å². The van der Waals surface area contributed by atoms with Crippen molar-refractivity contribution in [2.24, 2.45) is 10.7 Å². The Morgan fingerprint density at radius 2 is 1.09 bits per heavy atom. The zero-order valence-corrected chi connectivity index (χ0v) is 40.0. The molecule has 8 aromatic rings. The van der Waals surface area contributed by atoms with Crippen molar-refractivity contribution < 1.29 is 0 Å². The smallest absolute Gasteiger partial charge is 0.0726 e. The number of benzene rings is 8. The van der Waals surface area contributed by atoms with Gasteiger partial charge in [0.05, 0.1) is 17.4 Å². The predicted molar refractivity (Wildman–Crippen MR) is 289 cm³/mol. The lowest BCUT2D eigenvalue weighted by atomic mass is 9.51.